The van der Waals surface area contributed by atoms with Crippen LogP contribution in [0.2, 0.25) is 0 Å². The molecule has 1 aromatic rings. The van der Waals surface area contributed by atoms with E-state index in [2.05, 4.69) is 17.6 Å². The molecule has 1 aromatic carbocycles. The Morgan fingerprint density at radius 3 is 2.55 bits per heavy atom. The van der Waals surface area contributed by atoms with E-state index in [1.807, 2.05) is 29.2 Å². The first-order chi connectivity index (χ1) is 13.7. The third-order valence-corrected chi connectivity index (χ3v) is 6.04. The fourth-order valence-electron chi connectivity index (χ4n) is 4.49. The molecule has 3 heterocycles. The van der Waals surface area contributed by atoms with Gasteiger partial charge in [-0.1, -0.05) is 12.1 Å². The minimum absolute atomic E-state index is 0. The van der Waals surface area contributed by atoms with Gasteiger partial charge in [0.25, 0.3) is 5.91 Å². The number of hydrogen-bond donors (Lipinski definition) is 2. The Morgan fingerprint density at radius 2 is 1.93 bits per heavy atom. The molecule has 1 amide bonds. The summed E-state index contributed by atoms with van der Waals surface area (Å²) in [6.45, 7) is 5.27. The van der Waals surface area contributed by atoms with Crippen LogP contribution in [0.3, 0.4) is 0 Å². The quantitative estimate of drug-likeness (QED) is 0.361. The van der Waals surface area contributed by atoms with Crippen molar-refractivity contribution in [3.05, 3.63) is 35.4 Å². The summed E-state index contributed by atoms with van der Waals surface area (Å²) < 4.78 is 5.93. The molecule has 3 aliphatic heterocycles. The lowest BCUT2D eigenvalue weighted by molar-refractivity contribution is 0.0724. The van der Waals surface area contributed by atoms with Gasteiger partial charge in [-0.3, -0.25) is 4.79 Å². The number of halogens is 1. The third-order valence-electron chi connectivity index (χ3n) is 6.04. The Hall–Kier alpha value is -1.35. The number of carbonyl (C=O) groups is 1. The molecule has 3 unspecified atom stereocenters. The van der Waals surface area contributed by atoms with E-state index < -0.39 is 0 Å². The number of piperidine rings is 1. The van der Waals surface area contributed by atoms with Gasteiger partial charge in [-0.15, -0.1) is 24.0 Å². The van der Waals surface area contributed by atoms with E-state index >= 15 is 0 Å². The Balaban J connectivity index is 0.00000240. The van der Waals surface area contributed by atoms with Crippen molar-refractivity contribution in [2.24, 2.45) is 4.99 Å². The van der Waals surface area contributed by atoms with Gasteiger partial charge in [0.1, 0.15) is 0 Å². The molecular weight excluding hydrogens is 479 g/mol. The minimum Gasteiger partial charge on any atom is -0.373 e. The average Bonchev–Trinajstić information content (AvgIpc) is 3.36. The fourth-order valence-corrected chi connectivity index (χ4v) is 4.49. The second-order valence-electron chi connectivity index (χ2n) is 8.11. The van der Waals surface area contributed by atoms with Gasteiger partial charge in [0.2, 0.25) is 0 Å². The number of carbonyl (C=O) groups excluding carboxylic acids is 1. The molecule has 3 saturated heterocycles. The van der Waals surface area contributed by atoms with Gasteiger partial charge >= 0.3 is 0 Å². The number of nitrogens with one attached hydrogen (secondary N) is 2. The molecule has 0 radical (unpaired) electrons. The van der Waals surface area contributed by atoms with E-state index in [-0.39, 0.29) is 29.9 Å². The highest BCUT2D eigenvalue weighted by atomic mass is 127. The van der Waals surface area contributed by atoms with Crippen molar-refractivity contribution in [3.63, 3.8) is 0 Å². The molecule has 0 spiro atoms. The SMILES string of the molecule is CCNC(=NCc1ccc(C(=O)N2CCCCC2)cc1)NC1CC2CCC1O2.I. The number of fused-ring (bicyclic) bond motifs is 2. The Kier molecular flexibility index (Phi) is 8.17. The van der Waals surface area contributed by atoms with Crippen LogP contribution in [0.15, 0.2) is 29.3 Å². The Labute approximate surface area is 190 Å². The summed E-state index contributed by atoms with van der Waals surface area (Å²) in [5.41, 5.74) is 1.88. The van der Waals surface area contributed by atoms with Crippen molar-refractivity contribution < 1.29 is 9.53 Å². The molecule has 3 fully saturated rings. The number of guanidine groups is 1. The zero-order valence-electron chi connectivity index (χ0n) is 17.2. The van der Waals surface area contributed by atoms with Crippen LogP contribution in [0.4, 0.5) is 0 Å². The van der Waals surface area contributed by atoms with Crippen LogP contribution in [0.25, 0.3) is 0 Å². The first-order valence-electron chi connectivity index (χ1n) is 10.8. The summed E-state index contributed by atoms with van der Waals surface area (Å²) in [5.74, 6) is 0.998. The lowest BCUT2D eigenvalue weighted by Gasteiger charge is -2.26. The van der Waals surface area contributed by atoms with Gasteiger partial charge in [0, 0.05) is 25.2 Å². The largest absolute Gasteiger partial charge is 0.373 e. The average molecular weight is 512 g/mol. The number of ether oxygens (including phenoxy) is 1. The predicted molar refractivity (Wildman–Crippen MR) is 126 cm³/mol. The molecule has 6 nitrogen and oxygen atoms in total. The van der Waals surface area contributed by atoms with Crippen molar-refractivity contribution in [3.8, 4) is 0 Å². The van der Waals surface area contributed by atoms with E-state index in [4.69, 9.17) is 9.73 Å². The van der Waals surface area contributed by atoms with Crippen molar-refractivity contribution in [2.75, 3.05) is 19.6 Å². The van der Waals surface area contributed by atoms with Gasteiger partial charge in [0.15, 0.2) is 5.96 Å². The highest BCUT2D eigenvalue weighted by molar-refractivity contribution is 14.0. The number of aliphatic imine (C=N–C) groups is 1. The molecule has 7 heteroatoms. The van der Waals surface area contributed by atoms with Gasteiger partial charge in [-0.05, 0) is 63.1 Å². The van der Waals surface area contributed by atoms with Crippen LogP contribution in [0.5, 0.6) is 0 Å². The molecular formula is C22H33IN4O2. The molecule has 0 aromatic heterocycles. The molecule has 3 aliphatic rings. The predicted octanol–water partition coefficient (Wildman–Crippen LogP) is 3.31. The minimum atomic E-state index is 0. The number of benzene rings is 1. The standard InChI is InChI=1S/C22H32N4O2.HI/c1-2-23-22(25-19-14-18-10-11-20(19)28-18)24-15-16-6-8-17(9-7-16)21(27)26-12-4-3-5-13-26;/h6-9,18-20H,2-5,10-15H2,1H3,(H2,23,24,25);1H. The Bertz CT molecular complexity index is 703. The van der Waals surface area contributed by atoms with Crippen molar-refractivity contribution >= 4 is 35.8 Å². The molecule has 2 bridgehead atoms. The van der Waals surface area contributed by atoms with Gasteiger partial charge in [-0.2, -0.15) is 0 Å². The first-order valence-corrected chi connectivity index (χ1v) is 10.8. The van der Waals surface area contributed by atoms with Crippen LogP contribution in [-0.2, 0) is 11.3 Å². The van der Waals surface area contributed by atoms with Crippen LogP contribution in [0.1, 0.15) is 61.4 Å². The zero-order valence-corrected chi connectivity index (χ0v) is 19.6. The maximum atomic E-state index is 12.6. The molecule has 3 atom stereocenters. The summed E-state index contributed by atoms with van der Waals surface area (Å²) in [5, 5.41) is 6.88. The second kappa shape index (κ2) is 10.6. The molecule has 0 saturated carbocycles. The topological polar surface area (TPSA) is 66.0 Å². The number of likely N-dealkylation sites (tertiary alicyclic amines) is 1. The second-order valence-corrected chi connectivity index (χ2v) is 8.11. The van der Waals surface area contributed by atoms with Gasteiger partial charge in [-0.25, -0.2) is 4.99 Å². The van der Waals surface area contributed by atoms with E-state index in [9.17, 15) is 4.79 Å². The van der Waals surface area contributed by atoms with E-state index in [1.165, 1.54) is 12.8 Å². The number of amides is 1. The molecule has 0 aliphatic carbocycles. The number of nitrogens with zero attached hydrogens (tertiary/aromatic N) is 2. The highest BCUT2D eigenvalue weighted by Gasteiger charge is 2.41. The summed E-state index contributed by atoms with van der Waals surface area (Å²) in [6.07, 6.45) is 7.63. The van der Waals surface area contributed by atoms with E-state index in [0.29, 0.717) is 24.8 Å². The number of hydrogen-bond acceptors (Lipinski definition) is 3. The van der Waals surface area contributed by atoms with Crippen molar-refractivity contribution in [1.29, 1.82) is 0 Å². The maximum Gasteiger partial charge on any atom is 0.253 e. The highest BCUT2D eigenvalue weighted by Crippen LogP contribution is 2.34. The molecule has 29 heavy (non-hydrogen) atoms. The summed E-state index contributed by atoms with van der Waals surface area (Å²) in [4.78, 5) is 19.3. The van der Waals surface area contributed by atoms with E-state index in [0.717, 1.165) is 62.4 Å². The first kappa shape index (κ1) is 22.3. The van der Waals surface area contributed by atoms with Crippen LogP contribution < -0.4 is 10.6 Å². The van der Waals surface area contributed by atoms with Gasteiger partial charge in [0.05, 0.1) is 24.8 Å². The Morgan fingerprint density at radius 1 is 1.17 bits per heavy atom. The maximum absolute atomic E-state index is 12.6. The smallest absolute Gasteiger partial charge is 0.253 e. The van der Waals surface area contributed by atoms with Crippen molar-refractivity contribution in [1.82, 2.24) is 15.5 Å². The van der Waals surface area contributed by atoms with Crippen LogP contribution in [0, 0.1) is 0 Å². The monoisotopic (exact) mass is 512 g/mol. The number of rotatable bonds is 5. The fraction of sp³-hybridized carbons (Fsp3) is 0.636. The molecule has 2 N–H and O–H groups in total. The zero-order chi connectivity index (χ0) is 19.3. The summed E-state index contributed by atoms with van der Waals surface area (Å²) >= 11 is 0. The lowest BCUT2D eigenvalue weighted by atomic mass is 9.96. The van der Waals surface area contributed by atoms with Gasteiger partial charge < -0.3 is 20.3 Å². The molecule has 4 rings (SSSR count). The third kappa shape index (κ3) is 5.63. The van der Waals surface area contributed by atoms with Crippen LogP contribution in [-0.4, -0.2) is 54.7 Å². The van der Waals surface area contributed by atoms with Crippen LogP contribution >= 0.6 is 24.0 Å². The molecule has 160 valence electrons. The normalized spacial score (nSPS) is 26.2. The summed E-state index contributed by atoms with van der Waals surface area (Å²) in [6, 6.07) is 8.27. The lowest BCUT2D eigenvalue weighted by Crippen LogP contribution is -2.47. The van der Waals surface area contributed by atoms with E-state index in [1.54, 1.807) is 0 Å². The summed E-state index contributed by atoms with van der Waals surface area (Å²) in [7, 11) is 0. The van der Waals surface area contributed by atoms with Crippen molar-refractivity contribution in [2.45, 2.75) is 70.2 Å².